The van der Waals surface area contributed by atoms with Crippen LogP contribution in [0.25, 0.3) is 0 Å². The van der Waals surface area contributed by atoms with Crippen LogP contribution in [0, 0.1) is 10.1 Å². The number of nitro benzene ring substituents is 1. The lowest BCUT2D eigenvalue weighted by molar-refractivity contribution is -0.384. The van der Waals surface area contributed by atoms with E-state index in [4.69, 9.17) is 5.11 Å². The molecule has 0 saturated heterocycles. The van der Waals surface area contributed by atoms with Crippen LogP contribution in [0.15, 0.2) is 24.3 Å². The van der Waals surface area contributed by atoms with E-state index in [0.29, 0.717) is 12.0 Å². The quantitative estimate of drug-likeness (QED) is 0.576. The molecule has 0 aliphatic heterocycles. The number of aliphatic hydroxyl groups is 1. The van der Waals surface area contributed by atoms with Crippen molar-refractivity contribution in [2.45, 2.75) is 32.2 Å². The van der Waals surface area contributed by atoms with Gasteiger partial charge in [0.15, 0.2) is 0 Å². The van der Waals surface area contributed by atoms with E-state index in [2.05, 4.69) is 5.32 Å². The standard InChI is InChI=1S/C13H18N2O4/c1-2-11(6-7-16)14-13(17)9-10-4-3-5-12(8-10)15(18)19/h3-5,8,11,16H,2,6-7,9H2,1H3,(H,14,17). The van der Waals surface area contributed by atoms with Crippen molar-refractivity contribution < 1.29 is 14.8 Å². The molecule has 104 valence electrons. The molecule has 0 bridgehead atoms. The van der Waals surface area contributed by atoms with Crippen LogP contribution in [0.2, 0.25) is 0 Å². The summed E-state index contributed by atoms with van der Waals surface area (Å²) in [5.41, 5.74) is 0.582. The summed E-state index contributed by atoms with van der Waals surface area (Å²) in [4.78, 5) is 21.9. The molecule has 1 aromatic carbocycles. The molecule has 0 saturated carbocycles. The molecular formula is C13H18N2O4. The molecule has 0 fully saturated rings. The van der Waals surface area contributed by atoms with Crippen LogP contribution in [-0.4, -0.2) is 28.6 Å². The van der Waals surface area contributed by atoms with Crippen molar-refractivity contribution >= 4 is 11.6 Å². The first-order valence-corrected chi connectivity index (χ1v) is 6.20. The number of benzene rings is 1. The Hall–Kier alpha value is -1.95. The average Bonchev–Trinajstić information content (AvgIpc) is 2.38. The predicted molar refractivity (Wildman–Crippen MR) is 70.7 cm³/mol. The molecule has 0 aromatic heterocycles. The van der Waals surface area contributed by atoms with Gasteiger partial charge in [0, 0.05) is 24.8 Å². The van der Waals surface area contributed by atoms with Gasteiger partial charge in [-0.15, -0.1) is 0 Å². The average molecular weight is 266 g/mol. The third-order valence-corrected chi connectivity index (χ3v) is 2.82. The minimum Gasteiger partial charge on any atom is -0.396 e. The molecule has 0 aliphatic carbocycles. The summed E-state index contributed by atoms with van der Waals surface area (Å²) in [6, 6.07) is 5.97. The number of hydrogen-bond acceptors (Lipinski definition) is 4. The predicted octanol–water partition coefficient (Wildman–Crippen LogP) is 1.41. The normalized spacial score (nSPS) is 11.9. The number of amides is 1. The Labute approximate surface area is 111 Å². The molecule has 2 N–H and O–H groups in total. The van der Waals surface area contributed by atoms with Crippen LogP contribution < -0.4 is 5.32 Å². The van der Waals surface area contributed by atoms with Gasteiger partial charge in [0.1, 0.15) is 0 Å². The van der Waals surface area contributed by atoms with Crippen LogP contribution in [0.4, 0.5) is 5.69 Å². The van der Waals surface area contributed by atoms with Gasteiger partial charge in [-0.05, 0) is 18.4 Å². The molecule has 1 atom stereocenters. The maximum atomic E-state index is 11.8. The maximum absolute atomic E-state index is 11.8. The van der Waals surface area contributed by atoms with Crippen molar-refractivity contribution in [2.24, 2.45) is 0 Å². The summed E-state index contributed by atoms with van der Waals surface area (Å²) in [6.07, 6.45) is 1.35. The van der Waals surface area contributed by atoms with Gasteiger partial charge in [-0.25, -0.2) is 0 Å². The molecule has 0 spiro atoms. The first-order chi connectivity index (χ1) is 9.06. The first-order valence-electron chi connectivity index (χ1n) is 6.20. The minimum atomic E-state index is -0.484. The van der Waals surface area contributed by atoms with Crippen LogP contribution in [0.1, 0.15) is 25.3 Å². The number of nitrogens with zero attached hydrogens (tertiary/aromatic N) is 1. The number of non-ortho nitro benzene ring substituents is 1. The van der Waals surface area contributed by atoms with Crippen LogP contribution in [0.3, 0.4) is 0 Å². The molecule has 6 nitrogen and oxygen atoms in total. The molecular weight excluding hydrogens is 248 g/mol. The van der Waals surface area contributed by atoms with E-state index < -0.39 is 4.92 Å². The number of carbonyl (C=O) groups is 1. The molecule has 1 aromatic rings. The largest absolute Gasteiger partial charge is 0.396 e. The highest BCUT2D eigenvalue weighted by Crippen LogP contribution is 2.13. The summed E-state index contributed by atoms with van der Waals surface area (Å²) in [5, 5.41) is 22.3. The number of nitro groups is 1. The zero-order valence-corrected chi connectivity index (χ0v) is 10.8. The van der Waals surface area contributed by atoms with Crippen molar-refractivity contribution in [3.63, 3.8) is 0 Å². The Bertz CT molecular complexity index is 448. The fourth-order valence-electron chi connectivity index (χ4n) is 1.78. The molecule has 1 amide bonds. The van der Waals surface area contributed by atoms with Gasteiger partial charge in [-0.1, -0.05) is 19.1 Å². The van der Waals surface area contributed by atoms with E-state index in [1.807, 2.05) is 6.92 Å². The Kier molecular flexibility index (Phi) is 5.95. The highest BCUT2D eigenvalue weighted by atomic mass is 16.6. The van der Waals surface area contributed by atoms with E-state index in [1.165, 1.54) is 12.1 Å². The Balaban J connectivity index is 2.61. The Morgan fingerprint density at radius 1 is 1.53 bits per heavy atom. The number of carbonyl (C=O) groups excluding carboxylic acids is 1. The zero-order chi connectivity index (χ0) is 14.3. The smallest absolute Gasteiger partial charge is 0.269 e. The van der Waals surface area contributed by atoms with E-state index >= 15 is 0 Å². The van der Waals surface area contributed by atoms with E-state index in [9.17, 15) is 14.9 Å². The lowest BCUT2D eigenvalue weighted by atomic mass is 10.1. The van der Waals surface area contributed by atoms with Crippen LogP contribution in [-0.2, 0) is 11.2 Å². The fraction of sp³-hybridized carbons (Fsp3) is 0.462. The number of rotatable bonds is 7. The maximum Gasteiger partial charge on any atom is 0.269 e. The molecule has 0 heterocycles. The van der Waals surface area contributed by atoms with Gasteiger partial charge < -0.3 is 10.4 Å². The summed E-state index contributed by atoms with van der Waals surface area (Å²) in [5.74, 6) is -0.194. The van der Waals surface area contributed by atoms with Crippen molar-refractivity contribution in [1.82, 2.24) is 5.32 Å². The van der Waals surface area contributed by atoms with Crippen molar-refractivity contribution in [1.29, 1.82) is 0 Å². The van der Waals surface area contributed by atoms with E-state index in [1.54, 1.807) is 12.1 Å². The van der Waals surface area contributed by atoms with Gasteiger partial charge in [0.25, 0.3) is 5.69 Å². The Morgan fingerprint density at radius 2 is 2.26 bits per heavy atom. The SMILES string of the molecule is CCC(CCO)NC(=O)Cc1cccc([N+](=O)[O-])c1. The monoisotopic (exact) mass is 266 g/mol. The molecule has 0 radical (unpaired) electrons. The van der Waals surface area contributed by atoms with Gasteiger partial charge in [-0.3, -0.25) is 14.9 Å². The molecule has 1 unspecified atom stereocenters. The van der Waals surface area contributed by atoms with Gasteiger partial charge >= 0.3 is 0 Å². The topological polar surface area (TPSA) is 92.5 Å². The highest BCUT2D eigenvalue weighted by Gasteiger charge is 2.12. The first kappa shape index (κ1) is 15.1. The summed E-state index contributed by atoms with van der Waals surface area (Å²) in [6.45, 7) is 1.95. The molecule has 6 heteroatoms. The molecule has 1 rings (SSSR count). The van der Waals surface area contributed by atoms with Crippen molar-refractivity contribution in [3.05, 3.63) is 39.9 Å². The van der Waals surface area contributed by atoms with Crippen molar-refractivity contribution in [3.8, 4) is 0 Å². The summed E-state index contributed by atoms with van der Waals surface area (Å²) >= 11 is 0. The third kappa shape index (κ3) is 5.05. The molecule has 19 heavy (non-hydrogen) atoms. The number of hydrogen-bond donors (Lipinski definition) is 2. The lowest BCUT2D eigenvalue weighted by Crippen LogP contribution is -2.36. The second kappa shape index (κ2) is 7.48. The van der Waals surface area contributed by atoms with E-state index in [-0.39, 0.29) is 30.7 Å². The van der Waals surface area contributed by atoms with Gasteiger partial charge in [-0.2, -0.15) is 0 Å². The third-order valence-electron chi connectivity index (χ3n) is 2.82. The fourth-order valence-corrected chi connectivity index (χ4v) is 1.78. The summed E-state index contributed by atoms with van der Waals surface area (Å²) in [7, 11) is 0. The van der Waals surface area contributed by atoms with E-state index in [0.717, 1.165) is 6.42 Å². The molecule has 0 aliphatic rings. The van der Waals surface area contributed by atoms with Crippen molar-refractivity contribution in [2.75, 3.05) is 6.61 Å². The summed E-state index contributed by atoms with van der Waals surface area (Å²) < 4.78 is 0. The number of nitrogens with one attached hydrogen (secondary N) is 1. The van der Waals surface area contributed by atoms with Gasteiger partial charge in [0.05, 0.1) is 11.3 Å². The number of aliphatic hydroxyl groups excluding tert-OH is 1. The minimum absolute atomic E-state index is 0.0206. The van der Waals surface area contributed by atoms with Crippen LogP contribution >= 0.6 is 0 Å². The van der Waals surface area contributed by atoms with Gasteiger partial charge in [0.2, 0.25) is 5.91 Å². The highest BCUT2D eigenvalue weighted by molar-refractivity contribution is 5.79. The zero-order valence-electron chi connectivity index (χ0n) is 10.8. The van der Waals surface area contributed by atoms with Crippen LogP contribution in [0.5, 0.6) is 0 Å². The Morgan fingerprint density at radius 3 is 2.84 bits per heavy atom. The second-order valence-electron chi connectivity index (χ2n) is 4.29. The lowest BCUT2D eigenvalue weighted by Gasteiger charge is -2.15. The second-order valence-corrected chi connectivity index (χ2v) is 4.29.